The minimum absolute atomic E-state index is 0.0677. The number of amides is 2. The summed E-state index contributed by atoms with van der Waals surface area (Å²) < 4.78 is 64.2. The van der Waals surface area contributed by atoms with Crippen LogP contribution in [0.5, 0.6) is 11.5 Å². The van der Waals surface area contributed by atoms with Gasteiger partial charge in [-0.1, -0.05) is 30.7 Å². The van der Waals surface area contributed by atoms with Crippen LogP contribution >= 0.6 is 11.6 Å². The number of allylic oxidation sites excluding steroid dienone is 1. The van der Waals surface area contributed by atoms with Crippen molar-refractivity contribution in [3.63, 3.8) is 0 Å². The Labute approximate surface area is 322 Å². The average molecular weight is 788 g/mol. The van der Waals surface area contributed by atoms with Crippen LogP contribution in [0.15, 0.2) is 48.3 Å². The van der Waals surface area contributed by atoms with Crippen molar-refractivity contribution >= 4 is 39.1 Å². The highest BCUT2D eigenvalue weighted by Crippen LogP contribution is 2.46. The Bertz CT molecular complexity index is 1880. The Balaban J connectivity index is 1.29. The van der Waals surface area contributed by atoms with E-state index in [9.17, 15) is 18.0 Å². The van der Waals surface area contributed by atoms with Gasteiger partial charge in [0.05, 0.1) is 42.8 Å². The number of hydrogen-bond donors (Lipinski definition) is 1. The van der Waals surface area contributed by atoms with E-state index >= 15 is 4.39 Å². The van der Waals surface area contributed by atoms with Gasteiger partial charge in [-0.25, -0.2) is 17.5 Å². The van der Waals surface area contributed by atoms with E-state index in [1.54, 1.807) is 37.1 Å². The number of sulfonamides is 1. The van der Waals surface area contributed by atoms with Crippen molar-refractivity contribution in [2.75, 3.05) is 84.2 Å². The third kappa shape index (κ3) is 7.95. The number of rotatable bonds is 4. The molecule has 2 aromatic carbocycles. The molecular formula is C39H51ClFN5O7S. The molecule has 0 radical (unpaired) electrons. The molecule has 5 heterocycles. The number of carbonyl (C=O) groups is 2. The summed E-state index contributed by atoms with van der Waals surface area (Å²) in [5, 5.41) is -0.462. The minimum Gasteiger partial charge on any atom is -0.493 e. The number of morpholine rings is 1. The summed E-state index contributed by atoms with van der Waals surface area (Å²) in [6.45, 7) is 9.31. The minimum atomic E-state index is -4.15. The first-order valence-corrected chi connectivity index (χ1v) is 20.9. The zero-order valence-corrected chi connectivity index (χ0v) is 32.8. The number of likely N-dealkylation sites (N-methyl/N-ethyl adjacent to an activating group) is 1. The summed E-state index contributed by atoms with van der Waals surface area (Å²) >= 11 is 6.38. The second-order valence-electron chi connectivity index (χ2n) is 15.5. The largest absolute Gasteiger partial charge is 0.493 e. The number of hydrogen-bond acceptors (Lipinski definition) is 10. The maximum absolute atomic E-state index is 16.8. The highest BCUT2D eigenvalue weighted by molar-refractivity contribution is 7.90. The molecule has 54 heavy (non-hydrogen) atoms. The number of benzene rings is 2. The van der Waals surface area contributed by atoms with E-state index in [1.165, 1.54) is 13.0 Å². The van der Waals surface area contributed by atoms with Crippen molar-refractivity contribution in [3.8, 4) is 11.5 Å². The lowest BCUT2D eigenvalue weighted by molar-refractivity contribution is -0.135. The van der Waals surface area contributed by atoms with Crippen molar-refractivity contribution < 1.29 is 36.6 Å². The lowest BCUT2D eigenvalue weighted by Gasteiger charge is -2.42. The molecule has 5 aliphatic heterocycles. The van der Waals surface area contributed by atoms with Gasteiger partial charge in [0, 0.05) is 68.5 Å². The van der Waals surface area contributed by atoms with Gasteiger partial charge in [0.1, 0.15) is 23.4 Å². The first-order valence-electron chi connectivity index (χ1n) is 19.0. The molecule has 2 fully saturated rings. The highest BCUT2D eigenvalue weighted by Gasteiger charge is 2.46. The lowest BCUT2D eigenvalue weighted by atomic mass is 9.76. The SMILES string of the molecule is C[C@@H]1[C@@H](C)C/C=C(\F)[C@H](C(=O)N(C)CCN2CCOCC2)N2CCC[C@H]2CN2C[C@@]3(CCOc4cc(Cl)ccc43)COc3ccc(cc32)C(=O)NS1(=O)=O. The van der Waals surface area contributed by atoms with E-state index in [2.05, 4.69) is 14.5 Å². The van der Waals surface area contributed by atoms with Gasteiger partial charge in [0.15, 0.2) is 0 Å². The third-order valence-corrected chi connectivity index (χ3v) is 14.2. The van der Waals surface area contributed by atoms with E-state index < -0.39 is 44.4 Å². The predicted molar refractivity (Wildman–Crippen MR) is 205 cm³/mol. The van der Waals surface area contributed by atoms with E-state index in [1.807, 2.05) is 23.1 Å². The molecule has 294 valence electrons. The van der Waals surface area contributed by atoms with Crippen molar-refractivity contribution in [2.45, 2.75) is 62.3 Å². The quantitative estimate of drug-likeness (QED) is 0.483. The topological polar surface area (TPSA) is 121 Å². The van der Waals surface area contributed by atoms with Crippen LogP contribution in [0.1, 0.15) is 55.5 Å². The molecule has 1 spiro atoms. The molecule has 0 unspecified atom stereocenters. The smallest absolute Gasteiger partial charge is 0.264 e. The normalized spacial score (nSPS) is 30.1. The van der Waals surface area contributed by atoms with Crippen molar-refractivity contribution in [2.24, 2.45) is 5.92 Å². The van der Waals surface area contributed by atoms with Gasteiger partial charge < -0.3 is 24.0 Å². The van der Waals surface area contributed by atoms with Gasteiger partial charge in [0.2, 0.25) is 15.9 Å². The fraction of sp³-hybridized carbons (Fsp3) is 0.590. The summed E-state index contributed by atoms with van der Waals surface area (Å²) in [7, 11) is -2.43. The Kier molecular flexibility index (Phi) is 11.5. The summed E-state index contributed by atoms with van der Waals surface area (Å²) in [6, 6.07) is 9.21. The highest BCUT2D eigenvalue weighted by atomic mass is 35.5. The number of carbonyl (C=O) groups excluding carboxylic acids is 2. The zero-order valence-electron chi connectivity index (χ0n) is 31.3. The summed E-state index contributed by atoms with van der Waals surface area (Å²) in [5.74, 6) is -0.994. The summed E-state index contributed by atoms with van der Waals surface area (Å²) in [6.07, 6.45) is 3.59. The summed E-state index contributed by atoms with van der Waals surface area (Å²) in [5.41, 5.74) is 1.23. The summed E-state index contributed by atoms with van der Waals surface area (Å²) in [4.78, 5) is 36.0. The molecule has 0 saturated carbocycles. The molecule has 12 nitrogen and oxygen atoms in total. The molecule has 2 saturated heterocycles. The van der Waals surface area contributed by atoms with Crippen LogP contribution in [-0.2, 0) is 25.0 Å². The fourth-order valence-corrected chi connectivity index (χ4v) is 9.90. The van der Waals surface area contributed by atoms with Crippen molar-refractivity contribution in [1.82, 2.24) is 19.4 Å². The van der Waals surface area contributed by atoms with Crippen LogP contribution in [0.25, 0.3) is 0 Å². The fourth-order valence-electron chi connectivity index (χ4n) is 8.45. The molecule has 1 N–H and O–H groups in total. The van der Waals surface area contributed by atoms with E-state index in [4.69, 9.17) is 25.8 Å². The van der Waals surface area contributed by atoms with Crippen LogP contribution in [0, 0.1) is 5.92 Å². The maximum Gasteiger partial charge on any atom is 0.264 e. The standard InChI is InChI=1S/C39H51ClFN5O7S/c1-26-6-10-32(41)36(38(48)43(3)14-15-44-16-19-51-20-17-44)46-13-4-5-30(46)23-45-24-39(12-18-52-35-22-29(40)8-9-31(35)39)25-53-34-11-7-28(21-33(34)45)37(47)42-54(49,50)27(26)2/h7-11,21-22,26-27,30,36H,4-6,12-20,23-25H2,1-3H3,(H,42,47)/b32-10-/t26-,27+,30-,36+,39-/m0/s1. The van der Waals surface area contributed by atoms with Crippen LogP contribution in [0.4, 0.5) is 10.1 Å². The van der Waals surface area contributed by atoms with Gasteiger partial charge >= 0.3 is 0 Å². The van der Waals surface area contributed by atoms with Gasteiger partial charge in [-0.05, 0) is 75.4 Å². The zero-order chi connectivity index (χ0) is 38.2. The van der Waals surface area contributed by atoms with Gasteiger partial charge in [0.25, 0.3) is 5.91 Å². The molecule has 0 aromatic heterocycles. The van der Waals surface area contributed by atoms with Crippen LogP contribution < -0.4 is 19.1 Å². The Morgan fingerprint density at radius 1 is 1.07 bits per heavy atom. The first-order chi connectivity index (χ1) is 25.8. The first kappa shape index (κ1) is 38.8. The molecule has 2 amide bonds. The van der Waals surface area contributed by atoms with Gasteiger partial charge in [-0.2, -0.15) is 0 Å². The molecule has 5 aliphatic rings. The molecule has 15 heteroatoms. The van der Waals surface area contributed by atoms with E-state index in [-0.39, 0.29) is 23.9 Å². The monoisotopic (exact) mass is 787 g/mol. The van der Waals surface area contributed by atoms with Crippen LogP contribution in [-0.4, -0.2) is 132 Å². The molecule has 0 aliphatic carbocycles. The molecule has 2 aromatic rings. The number of fused-ring (bicyclic) bond motifs is 4. The second-order valence-corrected chi connectivity index (χ2v) is 18.0. The predicted octanol–water partition coefficient (Wildman–Crippen LogP) is 4.22. The molecule has 5 atom stereocenters. The molecule has 2 bridgehead atoms. The van der Waals surface area contributed by atoms with Gasteiger partial charge in [-0.15, -0.1) is 0 Å². The van der Waals surface area contributed by atoms with Crippen LogP contribution in [0.3, 0.4) is 0 Å². The average Bonchev–Trinajstić information content (AvgIpc) is 3.55. The Morgan fingerprint density at radius 3 is 2.67 bits per heavy atom. The van der Waals surface area contributed by atoms with E-state index in [0.29, 0.717) is 87.8 Å². The van der Waals surface area contributed by atoms with Crippen molar-refractivity contribution in [1.29, 1.82) is 0 Å². The maximum atomic E-state index is 16.8. The Morgan fingerprint density at radius 2 is 1.87 bits per heavy atom. The molecular weight excluding hydrogens is 737 g/mol. The molecule has 7 rings (SSSR count). The number of halogens is 2. The number of nitrogens with one attached hydrogen (secondary N) is 1. The second kappa shape index (κ2) is 16.0. The Hall–Kier alpha value is -3.43. The number of anilines is 1. The number of ether oxygens (including phenoxy) is 3. The van der Waals surface area contributed by atoms with Gasteiger partial charge in [-0.3, -0.25) is 19.4 Å². The van der Waals surface area contributed by atoms with Crippen LogP contribution in [0.2, 0.25) is 5.02 Å². The van der Waals surface area contributed by atoms with Crippen molar-refractivity contribution in [3.05, 3.63) is 64.5 Å². The number of nitrogens with zero attached hydrogens (tertiary/aromatic N) is 4. The third-order valence-electron chi connectivity index (χ3n) is 12.0. The lowest BCUT2D eigenvalue weighted by Crippen LogP contribution is -2.55. The van der Waals surface area contributed by atoms with E-state index in [0.717, 1.165) is 31.5 Å².